The molecule has 0 saturated carbocycles. The van der Waals surface area contributed by atoms with Crippen LogP contribution in [0.4, 0.5) is 0 Å². The molecule has 1 aromatic rings. The normalized spacial score (nSPS) is 13.8. The molecule has 1 rings (SSSR count). The Bertz CT molecular complexity index is 524. The van der Waals surface area contributed by atoms with Crippen LogP contribution in [0.2, 0.25) is 0 Å². The fourth-order valence-corrected chi connectivity index (χ4v) is 4.94. The predicted molar refractivity (Wildman–Crippen MR) is 73.2 cm³/mol. The molecule has 18 heavy (non-hydrogen) atoms. The van der Waals surface area contributed by atoms with E-state index in [9.17, 15) is 13.2 Å². The number of hydrogen-bond donors (Lipinski definition) is 2. The van der Waals surface area contributed by atoms with Crippen molar-refractivity contribution >= 4 is 43.3 Å². The number of carboxylic acid groups (broad SMARTS) is 1. The molecule has 0 unspecified atom stereocenters. The molecule has 0 saturated heterocycles. The Hall–Kier alpha value is -0.440. The van der Waals surface area contributed by atoms with Crippen molar-refractivity contribution in [1.82, 2.24) is 4.72 Å². The maximum atomic E-state index is 12.0. The fourth-order valence-electron chi connectivity index (χ4n) is 1.38. The second-order valence-corrected chi connectivity index (χ2v) is 7.88. The number of rotatable bonds is 6. The summed E-state index contributed by atoms with van der Waals surface area (Å²) in [5, 5.41) is 10.6. The van der Waals surface area contributed by atoms with Gasteiger partial charge in [-0.05, 0) is 39.7 Å². The molecular formula is C10H14BrNO4S2. The zero-order chi connectivity index (χ0) is 13.9. The standard InChI is InChI=1S/C10H14BrNO4S2/c1-6(2)5-8(9(13)14)12-18(15,16)10-7(11)3-4-17-10/h3-4,6,8,12H,5H2,1-2H3,(H,13,14)/t8-/m1/s1. The van der Waals surface area contributed by atoms with E-state index >= 15 is 0 Å². The number of halogens is 1. The first kappa shape index (κ1) is 15.6. The van der Waals surface area contributed by atoms with Crippen LogP contribution >= 0.6 is 27.3 Å². The molecule has 0 bridgehead atoms. The third-order valence-electron chi connectivity index (χ3n) is 2.13. The van der Waals surface area contributed by atoms with Crippen molar-refractivity contribution in [3.05, 3.63) is 15.9 Å². The Morgan fingerprint density at radius 2 is 2.17 bits per heavy atom. The quantitative estimate of drug-likeness (QED) is 0.819. The van der Waals surface area contributed by atoms with Crippen LogP contribution in [0.15, 0.2) is 20.1 Å². The average Bonchev–Trinajstić information content (AvgIpc) is 2.62. The minimum atomic E-state index is -3.80. The van der Waals surface area contributed by atoms with Gasteiger partial charge in [0.2, 0.25) is 0 Å². The summed E-state index contributed by atoms with van der Waals surface area (Å²) >= 11 is 4.16. The van der Waals surface area contributed by atoms with Gasteiger partial charge in [-0.3, -0.25) is 4.79 Å². The molecule has 2 N–H and O–H groups in total. The summed E-state index contributed by atoms with van der Waals surface area (Å²) in [5.41, 5.74) is 0. The number of sulfonamides is 1. The van der Waals surface area contributed by atoms with Crippen molar-refractivity contribution in [2.45, 2.75) is 30.5 Å². The number of thiophene rings is 1. The lowest BCUT2D eigenvalue weighted by molar-refractivity contribution is -0.139. The van der Waals surface area contributed by atoms with Crippen molar-refractivity contribution in [1.29, 1.82) is 0 Å². The fraction of sp³-hybridized carbons (Fsp3) is 0.500. The highest BCUT2D eigenvalue weighted by molar-refractivity contribution is 9.10. The summed E-state index contributed by atoms with van der Waals surface area (Å²) in [4.78, 5) is 11.0. The van der Waals surface area contributed by atoms with Crippen LogP contribution < -0.4 is 4.72 Å². The first-order chi connectivity index (χ1) is 8.24. The van der Waals surface area contributed by atoms with Crippen molar-refractivity contribution in [2.24, 2.45) is 5.92 Å². The Balaban J connectivity index is 2.94. The topological polar surface area (TPSA) is 83.5 Å². The lowest BCUT2D eigenvalue weighted by Crippen LogP contribution is -2.41. The van der Waals surface area contributed by atoms with E-state index in [0.717, 1.165) is 11.3 Å². The van der Waals surface area contributed by atoms with Crippen molar-refractivity contribution in [2.75, 3.05) is 0 Å². The SMILES string of the molecule is CC(C)C[C@@H](NS(=O)(=O)c1sccc1Br)C(=O)O. The van der Waals surface area contributed by atoms with Gasteiger partial charge < -0.3 is 5.11 Å². The van der Waals surface area contributed by atoms with Gasteiger partial charge in [-0.1, -0.05) is 13.8 Å². The number of nitrogens with one attached hydrogen (secondary N) is 1. The van der Waals surface area contributed by atoms with E-state index < -0.39 is 22.0 Å². The zero-order valence-corrected chi connectivity index (χ0v) is 13.1. The monoisotopic (exact) mass is 355 g/mol. The van der Waals surface area contributed by atoms with E-state index in [1.165, 1.54) is 0 Å². The third-order valence-corrected chi connectivity index (χ3v) is 6.27. The van der Waals surface area contributed by atoms with Crippen LogP contribution in [0.5, 0.6) is 0 Å². The van der Waals surface area contributed by atoms with E-state index in [-0.39, 0.29) is 16.5 Å². The van der Waals surface area contributed by atoms with Gasteiger partial charge in [-0.15, -0.1) is 11.3 Å². The van der Waals surface area contributed by atoms with Crippen molar-refractivity contribution in [3.8, 4) is 0 Å². The lowest BCUT2D eigenvalue weighted by Gasteiger charge is -2.16. The number of carbonyl (C=O) groups is 1. The second kappa shape index (κ2) is 6.14. The van der Waals surface area contributed by atoms with Crippen LogP contribution in [-0.2, 0) is 14.8 Å². The lowest BCUT2D eigenvalue weighted by atomic mass is 10.1. The molecular weight excluding hydrogens is 342 g/mol. The Kier molecular flexibility index (Phi) is 5.32. The molecule has 0 radical (unpaired) electrons. The highest BCUT2D eigenvalue weighted by Crippen LogP contribution is 2.27. The molecule has 1 atom stereocenters. The highest BCUT2D eigenvalue weighted by Gasteiger charge is 2.28. The summed E-state index contributed by atoms with van der Waals surface area (Å²) in [6.45, 7) is 3.68. The van der Waals surface area contributed by atoms with Crippen molar-refractivity contribution < 1.29 is 18.3 Å². The summed E-state index contributed by atoms with van der Waals surface area (Å²) in [5.74, 6) is -1.08. The van der Waals surface area contributed by atoms with Gasteiger partial charge in [-0.2, -0.15) is 4.72 Å². The van der Waals surface area contributed by atoms with Gasteiger partial charge in [0.05, 0.1) is 0 Å². The average molecular weight is 356 g/mol. The van der Waals surface area contributed by atoms with Crippen LogP contribution in [0, 0.1) is 5.92 Å². The van der Waals surface area contributed by atoms with Gasteiger partial charge >= 0.3 is 5.97 Å². The van der Waals surface area contributed by atoms with Crippen LogP contribution in [0.3, 0.4) is 0 Å². The molecule has 0 fully saturated rings. The molecule has 1 heterocycles. The van der Waals surface area contributed by atoms with Gasteiger partial charge in [0.1, 0.15) is 10.3 Å². The Morgan fingerprint density at radius 3 is 2.56 bits per heavy atom. The molecule has 1 aromatic heterocycles. The molecule has 0 aromatic carbocycles. The number of aliphatic carboxylic acids is 1. The second-order valence-electron chi connectivity index (χ2n) is 4.20. The highest BCUT2D eigenvalue weighted by atomic mass is 79.9. The van der Waals surface area contributed by atoms with Crippen LogP contribution in [-0.4, -0.2) is 25.5 Å². The summed E-state index contributed by atoms with van der Waals surface area (Å²) in [6.07, 6.45) is 0.248. The largest absolute Gasteiger partial charge is 0.480 e. The number of hydrogen-bond acceptors (Lipinski definition) is 4. The van der Waals surface area contributed by atoms with Crippen LogP contribution in [0.25, 0.3) is 0 Å². The molecule has 5 nitrogen and oxygen atoms in total. The van der Waals surface area contributed by atoms with Gasteiger partial charge in [0, 0.05) is 4.47 Å². The Labute approximate surface area is 118 Å². The third kappa shape index (κ3) is 4.04. The molecule has 0 spiro atoms. The minimum absolute atomic E-state index is 0.0839. The summed E-state index contributed by atoms with van der Waals surface area (Å²) in [7, 11) is -3.80. The first-order valence-corrected chi connectivity index (χ1v) is 8.37. The molecule has 0 amide bonds. The summed E-state index contributed by atoms with van der Waals surface area (Å²) < 4.78 is 26.8. The maximum Gasteiger partial charge on any atom is 0.321 e. The van der Waals surface area contributed by atoms with E-state index in [2.05, 4.69) is 20.7 Å². The number of carboxylic acids is 1. The summed E-state index contributed by atoms with van der Waals surface area (Å²) in [6, 6.07) is 0.501. The smallest absolute Gasteiger partial charge is 0.321 e. The zero-order valence-electron chi connectivity index (χ0n) is 9.88. The Morgan fingerprint density at radius 1 is 1.56 bits per heavy atom. The molecule has 0 aliphatic rings. The predicted octanol–water partition coefficient (Wildman–Crippen LogP) is 2.29. The van der Waals surface area contributed by atoms with E-state index in [1.807, 2.05) is 13.8 Å². The maximum absolute atomic E-state index is 12.0. The first-order valence-electron chi connectivity index (χ1n) is 5.22. The molecule has 8 heteroatoms. The van der Waals surface area contributed by atoms with E-state index in [1.54, 1.807) is 11.4 Å². The van der Waals surface area contributed by atoms with Gasteiger partial charge in [0.25, 0.3) is 10.0 Å². The molecule has 102 valence electrons. The van der Waals surface area contributed by atoms with Gasteiger partial charge in [0.15, 0.2) is 0 Å². The van der Waals surface area contributed by atoms with Gasteiger partial charge in [-0.25, -0.2) is 8.42 Å². The molecule has 0 aliphatic carbocycles. The van der Waals surface area contributed by atoms with E-state index in [4.69, 9.17) is 5.11 Å². The van der Waals surface area contributed by atoms with E-state index in [0.29, 0.717) is 4.47 Å². The molecule has 0 aliphatic heterocycles. The van der Waals surface area contributed by atoms with Crippen molar-refractivity contribution in [3.63, 3.8) is 0 Å². The minimum Gasteiger partial charge on any atom is -0.480 e. The van der Waals surface area contributed by atoms with Crippen LogP contribution in [0.1, 0.15) is 20.3 Å².